The highest BCUT2D eigenvalue weighted by molar-refractivity contribution is 5.80. The lowest BCUT2D eigenvalue weighted by Crippen LogP contribution is -2.12. The van der Waals surface area contributed by atoms with Crippen LogP contribution in [0.4, 0.5) is 8.78 Å². The first-order valence-electron chi connectivity index (χ1n) is 12.3. The maximum Gasteiger partial charge on any atom is 0.149 e. The third kappa shape index (κ3) is 4.67. The molecule has 4 N–H and O–H groups in total. The summed E-state index contributed by atoms with van der Waals surface area (Å²) in [5, 5.41) is 0. The van der Waals surface area contributed by atoms with Gasteiger partial charge in [-0.1, -0.05) is 48.5 Å². The molecule has 6 aromatic rings. The van der Waals surface area contributed by atoms with E-state index in [1.807, 2.05) is 74.5 Å². The Morgan fingerprint density at radius 1 is 0.553 bits per heavy atom. The molecule has 38 heavy (non-hydrogen) atoms. The molecule has 8 heteroatoms. The van der Waals surface area contributed by atoms with E-state index in [1.165, 1.54) is 12.1 Å². The number of hydrogen-bond acceptors (Lipinski definition) is 4. The lowest BCUT2D eigenvalue weighted by molar-refractivity contribution is 0.631. The fourth-order valence-corrected chi connectivity index (χ4v) is 4.49. The number of fused-ring (bicyclic) bond motifs is 2. The van der Waals surface area contributed by atoms with Crippen molar-refractivity contribution in [1.82, 2.24) is 19.1 Å². The summed E-state index contributed by atoms with van der Waals surface area (Å²) in [6.45, 7) is 3.69. The Labute approximate surface area is 219 Å². The van der Waals surface area contributed by atoms with Crippen LogP contribution in [0.5, 0.6) is 0 Å². The normalized spacial score (nSPS) is 12.8. The molecule has 192 valence electrons. The molecule has 0 saturated heterocycles. The van der Waals surface area contributed by atoms with Gasteiger partial charge < -0.3 is 11.5 Å². The van der Waals surface area contributed by atoms with E-state index in [0.29, 0.717) is 33.7 Å². The van der Waals surface area contributed by atoms with Crippen molar-refractivity contribution in [3.8, 4) is 11.4 Å². The zero-order valence-corrected chi connectivity index (χ0v) is 21.1. The van der Waals surface area contributed by atoms with Gasteiger partial charge in [0, 0.05) is 11.4 Å². The number of aromatic nitrogens is 4. The standard InChI is InChI=1S/2C15H14FN3/c2*1-10(17)15-18-13-9-5-8-12(16)14(13)19(15)11-6-3-2-4-7-11/h2*2-10H,17H2,1H3/t2*10-/m00/s1. The quantitative estimate of drug-likeness (QED) is 0.289. The van der Waals surface area contributed by atoms with Crippen LogP contribution in [0.3, 0.4) is 0 Å². The maximum absolute atomic E-state index is 14.1. The second-order valence-electron chi connectivity index (χ2n) is 9.07. The summed E-state index contributed by atoms with van der Waals surface area (Å²) in [4.78, 5) is 8.89. The molecule has 0 bridgehead atoms. The molecular weight excluding hydrogens is 482 g/mol. The van der Waals surface area contributed by atoms with Crippen molar-refractivity contribution in [3.05, 3.63) is 120 Å². The third-order valence-electron chi connectivity index (χ3n) is 6.15. The minimum atomic E-state index is -0.291. The largest absolute Gasteiger partial charge is 0.322 e. The van der Waals surface area contributed by atoms with Crippen LogP contribution in [0.15, 0.2) is 97.1 Å². The van der Waals surface area contributed by atoms with Crippen molar-refractivity contribution < 1.29 is 8.78 Å². The summed E-state index contributed by atoms with van der Waals surface area (Å²) < 4.78 is 31.8. The van der Waals surface area contributed by atoms with Crippen LogP contribution in [0.2, 0.25) is 0 Å². The first kappa shape index (κ1) is 25.3. The molecule has 2 aromatic heterocycles. The molecule has 4 aromatic carbocycles. The zero-order valence-electron chi connectivity index (χ0n) is 21.1. The van der Waals surface area contributed by atoms with E-state index in [1.54, 1.807) is 33.4 Å². The summed E-state index contributed by atoms with van der Waals surface area (Å²) >= 11 is 0. The molecule has 6 rings (SSSR count). The van der Waals surface area contributed by atoms with E-state index in [2.05, 4.69) is 9.97 Å². The maximum atomic E-state index is 14.1. The van der Waals surface area contributed by atoms with Crippen molar-refractivity contribution >= 4 is 22.1 Å². The first-order chi connectivity index (χ1) is 18.4. The van der Waals surface area contributed by atoms with Gasteiger partial charge in [0.05, 0.1) is 23.1 Å². The minimum absolute atomic E-state index is 0.271. The van der Waals surface area contributed by atoms with Gasteiger partial charge in [0.2, 0.25) is 0 Å². The summed E-state index contributed by atoms with van der Waals surface area (Å²) in [6.07, 6.45) is 0. The van der Waals surface area contributed by atoms with Crippen molar-refractivity contribution in [2.24, 2.45) is 11.5 Å². The molecule has 2 atom stereocenters. The van der Waals surface area contributed by atoms with E-state index in [4.69, 9.17) is 11.5 Å². The van der Waals surface area contributed by atoms with Crippen LogP contribution in [-0.2, 0) is 0 Å². The highest BCUT2D eigenvalue weighted by Crippen LogP contribution is 2.27. The van der Waals surface area contributed by atoms with Gasteiger partial charge in [-0.15, -0.1) is 0 Å². The summed E-state index contributed by atoms with van der Waals surface area (Å²) in [7, 11) is 0. The van der Waals surface area contributed by atoms with Gasteiger partial charge in [-0.2, -0.15) is 0 Å². The van der Waals surface area contributed by atoms with Crippen LogP contribution in [0.1, 0.15) is 37.6 Å². The Bertz CT molecular complexity index is 1560. The van der Waals surface area contributed by atoms with E-state index in [9.17, 15) is 8.78 Å². The van der Waals surface area contributed by atoms with Crippen LogP contribution >= 0.6 is 0 Å². The SMILES string of the molecule is C[C@H](N)c1nc2cccc(F)c2n1-c1ccccc1.C[C@H](N)c1nc2cccc(F)c2n1-c1ccccc1. The molecule has 2 heterocycles. The number of halogens is 2. The number of nitrogens with zero attached hydrogens (tertiary/aromatic N) is 4. The van der Waals surface area contributed by atoms with Gasteiger partial charge in [-0.25, -0.2) is 18.7 Å². The minimum Gasteiger partial charge on any atom is -0.322 e. The molecule has 0 saturated carbocycles. The van der Waals surface area contributed by atoms with Crippen LogP contribution in [0, 0.1) is 11.6 Å². The molecule has 0 radical (unpaired) electrons. The third-order valence-corrected chi connectivity index (χ3v) is 6.15. The molecule has 0 aliphatic rings. The highest BCUT2D eigenvalue weighted by Gasteiger charge is 2.19. The van der Waals surface area contributed by atoms with Gasteiger partial charge in [-0.05, 0) is 62.4 Å². The number of para-hydroxylation sites is 4. The molecule has 0 amide bonds. The molecule has 0 aliphatic carbocycles. The van der Waals surface area contributed by atoms with Crippen molar-refractivity contribution in [2.75, 3.05) is 0 Å². The number of nitrogens with two attached hydrogens (primary N) is 2. The Morgan fingerprint density at radius 3 is 1.26 bits per heavy atom. The van der Waals surface area contributed by atoms with Gasteiger partial charge in [0.15, 0.2) is 0 Å². The Hall–Kier alpha value is -4.40. The monoisotopic (exact) mass is 510 g/mol. The lowest BCUT2D eigenvalue weighted by Gasteiger charge is -2.11. The van der Waals surface area contributed by atoms with Gasteiger partial charge in [0.25, 0.3) is 0 Å². The second-order valence-corrected chi connectivity index (χ2v) is 9.07. The fraction of sp³-hybridized carbons (Fsp3) is 0.133. The van der Waals surface area contributed by atoms with E-state index >= 15 is 0 Å². The molecule has 0 aliphatic heterocycles. The number of rotatable bonds is 4. The summed E-state index contributed by atoms with van der Waals surface area (Å²) in [6, 6.07) is 28.4. The number of hydrogen-bond donors (Lipinski definition) is 2. The van der Waals surface area contributed by atoms with Crippen molar-refractivity contribution in [1.29, 1.82) is 0 Å². The van der Waals surface area contributed by atoms with Crippen molar-refractivity contribution in [3.63, 3.8) is 0 Å². The number of imidazole rings is 2. The summed E-state index contributed by atoms with van der Waals surface area (Å²) in [5.74, 6) is 0.735. The van der Waals surface area contributed by atoms with E-state index in [-0.39, 0.29) is 23.7 Å². The Morgan fingerprint density at radius 2 is 0.921 bits per heavy atom. The summed E-state index contributed by atoms with van der Waals surface area (Å²) in [5.41, 5.74) is 15.8. The highest BCUT2D eigenvalue weighted by atomic mass is 19.1. The predicted octanol–water partition coefficient (Wildman–Crippen LogP) is 6.37. The molecule has 0 spiro atoms. The van der Waals surface area contributed by atoms with E-state index in [0.717, 1.165) is 11.4 Å². The number of benzene rings is 4. The average molecular weight is 511 g/mol. The molecular formula is C30H28F2N6. The van der Waals surface area contributed by atoms with Crippen LogP contribution < -0.4 is 11.5 Å². The van der Waals surface area contributed by atoms with Crippen molar-refractivity contribution in [2.45, 2.75) is 25.9 Å². The van der Waals surface area contributed by atoms with Gasteiger partial charge in [-0.3, -0.25) is 9.13 Å². The Balaban J connectivity index is 0.000000155. The Kier molecular flexibility index (Phi) is 7.00. The smallest absolute Gasteiger partial charge is 0.149 e. The van der Waals surface area contributed by atoms with E-state index < -0.39 is 0 Å². The molecule has 0 unspecified atom stereocenters. The van der Waals surface area contributed by atoms with Gasteiger partial charge in [0.1, 0.15) is 34.3 Å². The second kappa shape index (κ2) is 10.5. The topological polar surface area (TPSA) is 87.7 Å². The molecule has 6 nitrogen and oxygen atoms in total. The van der Waals surface area contributed by atoms with Gasteiger partial charge >= 0.3 is 0 Å². The molecule has 0 fully saturated rings. The fourth-order valence-electron chi connectivity index (χ4n) is 4.49. The average Bonchev–Trinajstić information content (AvgIpc) is 3.52. The predicted molar refractivity (Wildman–Crippen MR) is 147 cm³/mol. The zero-order chi connectivity index (χ0) is 26.8. The van der Waals surface area contributed by atoms with Crippen LogP contribution in [0.25, 0.3) is 33.4 Å². The van der Waals surface area contributed by atoms with Crippen LogP contribution in [-0.4, -0.2) is 19.1 Å². The first-order valence-corrected chi connectivity index (χ1v) is 12.3. The lowest BCUT2D eigenvalue weighted by atomic mass is 10.2.